The third-order valence-corrected chi connectivity index (χ3v) is 12.0. The highest BCUT2D eigenvalue weighted by Crippen LogP contribution is 2.58. The molecule has 0 spiro atoms. The second-order valence-corrected chi connectivity index (χ2v) is 14.2. The molecule has 4 heteroatoms. The SMILES string of the molecule is C=C(C1CCCCC1)N(CC12CCC(c3ccc(CC)c(C)c3)(CC1)CC2)c1cc(-c2cnc(CC)s2)ccn1. The van der Waals surface area contributed by atoms with E-state index in [1.54, 1.807) is 5.56 Å². The van der Waals surface area contributed by atoms with Gasteiger partial charge in [-0.15, -0.1) is 11.3 Å². The number of allylic oxidation sites excluding steroid dienone is 1. The van der Waals surface area contributed by atoms with Crippen molar-refractivity contribution in [3.8, 4) is 10.4 Å². The maximum atomic E-state index is 4.99. The lowest BCUT2D eigenvalue weighted by Gasteiger charge is -2.55. The van der Waals surface area contributed by atoms with E-state index in [4.69, 9.17) is 11.6 Å². The van der Waals surface area contributed by atoms with Crippen molar-refractivity contribution in [1.82, 2.24) is 9.97 Å². The molecule has 7 rings (SSSR count). The van der Waals surface area contributed by atoms with Crippen molar-refractivity contribution in [3.05, 3.63) is 76.7 Å². The van der Waals surface area contributed by atoms with Crippen molar-refractivity contribution in [3.63, 3.8) is 0 Å². The first-order chi connectivity index (χ1) is 19.4. The standard InChI is InChI=1S/C36H47N3S/c1-5-28-12-13-31(22-26(28)3)36-18-15-35(16-19-36,17-20-36)25-39(27(4)29-10-8-7-9-11-29)33-23-30(14-21-37-33)32-24-38-34(6-2)40-32/h12-14,21-24,29H,4-11,15-20,25H2,1-3H3. The summed E-state index contributed by atoms with van der Waals surface area (Å²) < 4.78 is 0. The molecule has 0 amide bonds. The van der Waals surface area contributed by atoms with Crippen molar-refractivity contribution in [1.29, 1.82) is 0 Å². The Balaban J connectivity index is 1.26. The monoisotopic (exact) mass is 553 g/mol. The van der Waals surface area contributed by atoms with Gasteiger partial charge in [-0.3, -0.25) is 0 Å². The second kappa shape index (κ2) is 11.4. The smallest absolute Gasteiger partial charge is 0.133 e. The predicted octanol–water partition coefficient (Wildman–Crippen LogP) is 9.83. The predicted molar refractivity (Wildman–Crippen MR) is 170 cm³/mol. The number of aryl methyl sites for hydroxylation is 3. The summed E-state index contributed by atoms with van der Waals surface area (Å²) in [5.41, 5.74) is 7.86. The van der Waals surface area contributed by atoms with Gasteiger partial charge in [-0.25, -0.2) is 9.97 Å². The second-order valence-electron chi connectivity index (χ2n) is 13.1. The zero-order chi connectivity index (χ0) is 27.7. The molecule has 3 nitrogen and oxygen atoms in total. The molecule has 2 aromatic heterocycles. The Hall–Kier alpha value is -2.46. The molecular weight excluding hydrogens is 506 g/mol. The van der Waals surface area contributed by atoms with Crippen LogP contribution in [0.2, 0.25) is 0 Å². The quantitative estimate of drug-likeness (QED) is 0.264. The molecule has 1 aromatic carbocycles. The first-order valence-corrected chi connectivity index (χ1v) is 16.7. The summed E-state index contributed by atoms with van der Waals surface area (Å²) in [6.45, 7) is 12.6. The molecule has 4 aliphatic rings. The van der Waals surface area contributed by atoms with Crippen LogP contribution in [-0.4, -0.2) is 16.5 Å². The maximum absolute atomic E-state index is 4.99. The molecule has 4 fully saturated rings. The lowest BCUT2D eigenvalue weighted by Crippen LogP contribution is -2.49. The Bertz CT molecular complexity index is 1320. The molecule has 2 bridgehead atoms. The van der Waals surface area contributed by atoms with Crippen LogP contribution >= 0.6 is 11.3 Å². The van der Waals surface area contributed by atoms with Crippen LogP contribution in [0.15, 0.2) is 55.0 Å². The van der Waals surface area contributed by atoms with Crippen LogP contribution in [0.4, 0.5) is 5.82 Å². The molecule has 0 unspecified atom stereocenters. The molecule has 4 aliphatic carbocycles. The van der Waals surface area contributed by atoms with Gasteiger partial charge in [0.1, 0.15) is 5.82 Å². The number of rotatable bonds is 9. The fourth-order valence-electron chi connectivity index (χ4n) is 8.00. The van der Waals surface area contributed by atoms with Gasteiger partial charge in [0.15, 0.2) is 0 Å². The molecule has 2 heterocycles. The van der Waals surface area contributed by atoms with Crippen molar-refractivity contribution >= 4 is 17.2 Å². The lowest BCUT2D eigenvalue weighted by molar-refractivity contribution is 0.0459. The Labute approximate surface area is 246 Å². The maximum Gasteiger partial charge on any atom is 0.133 e. The number of thiazole rings is 1. The summed E-state index contributed by atoms with van der Waals surface area (Å²) in [5, 5.41) is 1.20. The Kier molecular flexibility index (Phi) is 7.92. The number of anilines is 1. The number of aromatic nitrogens is 2. The number of hydrogen-bond donors (Lipinski definition) is 0. The van der Waals surface area contributed by atoms with Gasteiger partial charge < -0.3 is 4.90 Å². The summed E-state index contributed by atoms with van der Waals surface area (Å²) in [5.74, 6) is 1.67. The number of nitrogens with zero attached hydrogens (tertiary/aromatic N) is 3. The summed E-state index contributed by atoms with van der Waals surface area (Å²) in [6, 6.07) is 11.8. The van der Waals surface area contributed by atoms with E-state index in [9.17, 15) is 0 Å². The third-order valence-electron chi connectivity index (χ3n) is 10.8. The van der Waals surface area contributed by atoms with E-state index in [-0.39, 0.29) is 0 Å². The normalized spacial score (nSPS) is 24.8. The van der Waals surface area contributed by atoms with E-state index in [2.05, 4.69) is 61.0 Å². The molecule has 0 atom stereocenters. The van der Waals surface area contributed by atoms with Gasteiger partial charge in [-0.2, -0.15) is 0 Å². The Morgan fingerprint density at radius 1 is 0.950 bits per heavy atom. The number of benzene rings is 1. The third kappa shape index (κ3) is 5.29. The van der Waals surface area contributed by atoms with E-state index in [0.717, 1.165) is 25.2 Å². The highest BCUT2D eigenvalue weighted by atomic mass is 32.1. The van der Waals surface area contributed by atoms with Crippen LogP contribution < -0.4 is 4.90 Å². The Morgan fingerprint density at radius 2 is 1.70 bits per heavy atom. The minimum atomic E-state index is 0.356. The number of hydrogen-bond acceptors (Lipinski definition) is 4. The molecular formula is C36H47N3S. The van der Waals surface area contributed by atoms with Crippen molar-refractivity contribution in [2.45, 2.75) is 110 Å². The average molecular weight is 554 g/mol. The minimum Gasteiger partial charge on any atom is -0.330 e. The highest BCUT2D eigenvalue weighted by Gasteiger charge is 2.50. The summed E-state index contributed by atoms with van der Waals surface area (Å²) in [6.07, 6.45) is 20.6. The van der Waals surface area contributed by atoms with Crippen LogP contribution in [0.3, 0.4) is 0 Å². The van der Waals surface area contributed by atoms with Gasteiger partial charge in [-0.1, -0.05) is 57.9 Å². The van der Waals surface area contributed by atoms with Gasteiger partial charge in [0, 0.05) is 24.6 Å². The molecule has 40 heavy (non-hydrogen) atoms. The lowest BCUT2D eigenvalue weighted by atomic mass is 9.51. The molecule has 0 saturated heterocycles. The van der Waals surface area contributed by atoms with E-state index in [1.165, 1.54) is 103 Å². The number of fused-ring (bicyclic) bond motifs is 3. The van der Waals surface area contributed by atoms with Gasteiger partial charge in [0.25, 0.3) is 0 Å². The van der Waals surface area contributed by atoms with Gasteiger partial charge >= 0.3 is 0 Å². The van der Waals surface area contributed by atoms with E-state index in [0.29, 0.717) is 16.7 Å². The van der Waals surface area contributed by atoms with Crippen LogP contribution in [-0.2, 0) is 18.3 Å². The highest BCUT2D eigenvalue weighted by molar-refractivity contribution is 7.15. The summed E-state index contributed by atoms with van der Waals surface area (Å²) in [7, 11) is 0. The minimum absolute atomic E-state index is 0.356. The van der Waals surface area contributed by atoms with Gasteiger partial charge in [-0.05, 0) is 122 Å². The van der Waals surface area contributed by atoms with Gasteiger partial charge in [0.2, 0.25) is 0 Å². The topological polar surface area (TPSA) is 29.0 Å². The van der Waals surface area contributed by atoms with Crippen molar-refractivity contribution in [2.24, 2.45) is 11.3 Å². The number of pyridine rings is 1. The zero-order valence-electron chi connectivity index (χ0n) is 25.0. The first kappa shape index (κ1) is 27.7. The molecule has 4 saturated carbocycles. The molecule has 3 aromatic rings. The largest absolute Gasteiger partial charge is 0.330 e. The first-order valence-electron chi connectivity index (χ1n) is 15.9. The van der Waals surface area contributed by atoms with Crippen LogP contribution in [0.1, 0.15) is 106 Å². The fourth-order valence-corrected chi connectivity index (χ4v) is 8.86. The van der Waals surface area contributed by atoms with Crippen LogP contribution in [0.5, 0.6) is 0 Å². The average Bonchev–Trinajstić information content (AvgIpc) is 3.51. The zero-order valence-corrected chi connectivity index (χ0v) is 25.8. The van der Waals surface area contributed by atoms with E-state index < -0.39 is 0 Å². The fraction of sp³-hybridized carbons (Fsp3) is 0.556. The van der Waals surface area contributed by atoms with Gasteiger partial charge in [0.05, 0.1) is 9.88 Å². The summed E-state index contributed by atoms with van der Waals surface area (Å²) in [4.78, 5) is 13.4. The Morgan fingerprint density at radius 3 is 2.35 bits per heavy atom. The molecule has 0 aliphatic heterocycles. The summed E-state index contributed by atoms with van der Waals surface area (Å²) >= 11 is 1.81. The van der Waals surface area contributed by atoms with E-state index >= 15 is 0 Å². The van der Waals surface area contributed by atoms with Crippen molar-refractivity contribution < 1.29 is 0 Å². The van der Waals surface area contributed by atoms with Crippen molar-refractivity contribution in [2.75, 3.05) is 11.4 Å². The molecule has 212 valence electrons. The van der Waals surface area contributed by atoms with Crippen LogP contribution in [0.25, 0.3) is 10.4 Å². The molecule has 0 N–H and O–H groups in total. The van der Waals surface area contributed by atoms with E-state index in [1.807, 2.05) is 23.7 Å². The molecule has 0 radical (unpaired) electrons. The van der Waals surface area contributed by atoms with Crippen LogP contribution in [0, 0.1) is 18.3 Å².